The van der Waals surface area contributed by atoms with Crippen LogP contribution in [0.1, 0.15) is 11.1 Å². The number of aryl methyl sites for hydroxylation is 2. The van der Waals surface area contributed by atoms with Gasteiger partial charge in [0.1, 0.15) is 0 Å². The molecular formula is C23H19IO5S. The van der Waals surface area contributed by atoms with Crippen LogP contribution in [0.25, 0.3) is 11.0 Å². The summed E-state index contributed by atoms with van der Waals surface area (Å²) >= 11 is -2.88. The fraction of sp³-hybridized carbons (Fsp3) is 0.0870. The number of rotatable bonds is 5. The van der Waals surface area contributed by atoms with Crippen molar-refractivity contribution in [1.82, 2.24) is 0 Å². The van der Waals surface area contributed by atoms with Crippen molar-refractivity contribution in [3.05, 3.63) is 108 Å². The summed E-state index contributed by atoms with van der Waals surface area (Å²) in [6.07, 6.45) is 0. The summed E-state index contributed by atoms with van der Waals surface area (Å²) in [6, 6.07) is 22.7. The van der Waals surface area contributed by atoms with Crippen LogP contribution in [0.3, 0.4) is 0 Å². The van der Waals surface area contributed by atoms with Gasteiger partial charge in [0.25, 0.3) is 0 Å². The van der Waals surface area contributed by atoms with Gasteiger partial charge in [0, 0.05) is 0 Å². The molecular weight excluding hydrogens is 515 g/mol. The van der Waals surface area contributed by atoms with Crippen LogP contribution >= 0.6 is 20.2 Å². The van der Waals surface area contributed by atoms with E-state index in [2.05, 4.69) is 0 Å². The Balaban J connectivity index is 1.81. The average molecular weight is 534 g/mol. The molecule has 1 heterocycles. The van der Waals surface area contributed by atoms with Crippen molar-refractivity contribution in [2.75, 3.05) is 0 Å². The topological polar surface area (TPSA) is 73.6 Å². The molecule has 4 rings (SSSR count). The van der Waals surface area contributed by atoms with E-state index < -0.39 is 36.0 Å². The van der Waals surface area contributed by atoms with E-state index in [-0.39, 0.29) is 4.90 Å². The van der Waals surface area contributed by atoms with Crippen molar-refractivity contribution >= 4 is 41.3 Å². The molecule has 0 fully saturated rings. The zero-order valence-corrected chi connectivity index (χ0v) is 19.3. The van der Waals surface area contributed by atoms with E-state index >= 15 is 0 Å². The fourth-order valence-electron chi connectivity index (χ4n) is 2.81. The first-order valence-electron chi connectivity index (χ1n) is 9.14. The quantitative estimate of drug-likeness (QED) is 0.258. The third-order valence-corrected chi connectivity index (χ3v) is 11.7. The number of halogens is 1. The van der Waals surface area contributed by atoms with E-state index in [9.17, 15) is 13.2 Å². The Morgan fingerprint density at radius 2 is 1.33 bits per heavy atom. The summed E-state index contributed by atoms with van der Waals surface area (Å²) in [5.41, 5.74) is 1.99. The van der Waals surface area contributed by atoms with E-state index in [1.165, 1.54) is 6.07 Å². The van der Waals surface area contributed by atoms with Gasteiger partial charge in [0.15, 0.2) is 0 Å². The molecule has 0 radical (unpaired) electrons. The molecule has 5 nitrogen and oxygen atoms in total. The maximum atomic E-state index is 13.0. The monoisotopic (exact) mass is 534 g/mol. The van der Waals surface area contributed by atoms with Gasteiger partial charge in [0.2, 0.25) is 0 Å². The minimum atomic E-state index is -3.97. The van der Waals surface area contributed by atoms with Crippen LogP contribution in [-0.4, -0.2) is 8.42 Å². The molecule has 0 bridgehead atoms. The second kappa shape index (κ2) is 8.33. The fourth-order valence-corrected chi connectivity index (χ4v) is 9.76. The molecule has 0 aliphatic carbocycles. The normalized spacial score (nSPS) is 12.1. The Hall–Kier alpha value is -2.49. The van der Waals surface area contributed by atoms with E-state index in [1.54, 1.807) is 36.4 Å². The van der Waals surface area contributed by atoms with Crippen LogP contribution in [0.5, 0.6) is 0 Å². The molecule has 0 saturated heterocycles. The molecule has 0 aliphatic heterocycles. The zero-order chi connectivity index (χ0) is 21.3. The van der Waals surface area contributed by atoms with Gasteiger partial charge in [-0.25, -0.2) is 0 Å². The van der Waals surface area contributed by atoms with Crippen molar-refractivity contribution in [1.29, 1.82) is 0 Å². The van der Waals surface area contributed by atoms with Gasteiger partial charge >= 0.3 is 183 Å². The predicted octanol–water partition coefficient (Wildman–Crippen LogP) is 5.28. The first-order chi connectivity index (χ1) is 14.3. The first-order valence-corrected chi connectivity index (χ1v) is 13.6. The van der Waals surface area contributed by atoms with Gasteiger partial charge in [-0.05, 0) is 0 Å². The summed E-state index contributed by atoms with van der Waals surface area (Å²) in [5, 5.41) is 0.763. The summed E-state index contributed by atoms with van der Waals surface area (Å²) in [7, 11) is -3.97. The van der Waals surface area contributed by atoms with E-state index in [1.807, 2.05) is 50.2 Å². The van der Waals surface area contributed by atoms with Gasteiger partial charge in [-0.2, -0.15) is 0 Å². The Morgan fingerprint density at radius 3 is 2.00 bits per heavy atom. The van der Waals surface area contributed by atoms with Crippen molar-refractivity contribution in [3.8, 4) is 0 Å². The van der Waals surface area contributed by atoms with Crippen LogP contribution < -0.4 is 5.63 Å². The molecule has 1 aromatic heterocycles. The van der Waals surface area contributed by atoms with Crippen molar-refractivity contribution in [2.45, 2.75) is 18.7 Å². The molecule has 0 spiro atoms. The maximum absolute atomic E-state index is 13.0. The molecule has 0 saturated carbocycles. The van der Waals surface area contributed by atoms with Crippen LogP contribution in [-0.2, 0) is 12.6 Å². The van der Waals surface area contributed by atoms with Crippen LogP contribution in [0.15, 0.2) is 93.0 Å². The van der Waals surface area contributed by atoms with Crippen molar-refractivity contribution < 1.29 is 15.3 Å². The number of hydrogen-bond donors (Lipinski definition) is 0. The van der Waals surface area contributed by atoms with Crippen LogP contribution in [0, 0.1) is 21.0 Å². The molecule has 7 heteroatoms. The summed E-state index contributed by atoms with van der Waals surface area (Å²) in [4.78, 5) is 11.8. The van der Waals surface area contributed by atoms with Gasteiger partial charge in [-0.3, -0.25) is 0 Å². The van der Waals surface area contributed by atoms with Crippen LogP contribution in [0.4, 0.5) is 0 Å². The van der Waals surface area contributed by atoms with Crippen molar-refractivity contribution in [2.24, 2.45) is 0 Å². The Bertz CT molecular complexity index is 1360. The predicted molar refractivity (Wildman–Crippen MR) is 125 cm³/mol. The summed E-state index contributed by atoms with van der Waals surface area (Å²) in [5.74, 6) is 0. The Labute approximate surface area is 182 Å². The molecule has 4 aromatic rings. The Kier molecular flexibility index (Phi) is 5.77. The molecule has 0 aliphatic rings. The molecule has 0 amide bonds. The molecule has 0 atom stereocenters. The Morgan fingerprint density at radius 1 is 0.767 bits per heavy atom. The second-order valence-corrected chi connectivity index (χ2v) is 13.3. The van der Waals surface area contributed by atoms with E-state index in [4.69, 9.17) is 6.93 Å². The van der Waals surface area contributed by atoms with Gasteiger partial charge in [-0.15, -0.1) is 0 Å². The standard InChI is InChI=1S/C23H19IO5S/c1-16-3-9-19(10-4-16)24(29-30(26,27)21-12-5-17(2)6-13-21)20-11-7-18-8-14-23(25)28-22(18)15-20/h3-15H,1-2H3. The first kappa shape index (κ1) is 20.8. The molecule has 154 valence electrons. The van der Waals surface area contributed by atoms with Crippen LogP contribution in [0.2, 0.25) is 0 Å². The van der Waals surface area contributed by atoms with E-state index in [0.717, 1.165) is 23.7 Å². The number of fused-ring (bicyclic) bond motifs is 1. The van der Waals surface area contributed by atoms with E-state index in [0.29, 0.717) is 5.58 Å². The molecule has 30 heavy (non-hydrogen) atoms. The van der Waals surface area contributed by atoms with Gasteiger partial charge < -0.3 is 0 Å². The summed E-state index contributed by atoms with van der Waals surface area (Å²) < 4.78 is 38.8. The summed E-state index contributed by atoms with van der Waals surface area (Å²) in [6.45, 7) is 3.86. The molecule has 0 unspecified atom stereocenters. The zero-order valence-electron chi connectivity index (χ0n) is 16.3. The number of hydrogen-bond acceptors (Lipinski definition) is 5. The second-order valence-electron chi connectivity index (χ2n) is 6.81. The minimum absolute atomic E-state index is 0.120. The molecule has 3 aromatic carbocycles. The third kappa shape index (κ3) is 4.48. The average Bonchev–Trinajstić information content (AvgIpc) is 2.72. The van der Waals surface area contributed by atoms with Gasteiger partial charge in [-0.1, -0.05) is 0 Å². The van der Waals surface area contributed by atoms with Gasteiger partial charge in [0.05, 0.1) is 0 Å². The molecule has 0 N–H and O–H groups in total. The SMILES string of the molecule is Cc1ccc(I(OS(=O)(=O)c2ccc(C)cc2)c2ccc3ccc(=O)oc3c2)cc1. The third-order valence-electron chi connectivity index (χ3n) is 4.45. The van der Waals surface area contributed by atoms with Crippen molar-refractivity contribution in [3.63, 3.8) is 0 Å². The number of benzene rings is 3.